The van der Waals surface area contributed by atoms with Crippen molar-refractivity contribution in [1.29, 1.82) is 0 Å². The molecule has 0 spiro atoms. The molecule has 14 heavy (non-hydrogen) atoms. The lowest BCUT2D eigenvalue weighted by Gasteiger charge is -2.29. The molecule has 0 N–H and O–H groups in total. The molecule has 0 aliphatic rings. The van der Waals surface area contributed by atoms with E-state index < -0.39 is 7.37 Å². The third-order valence-corrected chi connectivity index (χ3v) is 5.49. The molecule has 0 fully saturated rings. The minimum absolute atomic E-state index is 0.358. The molecule has 1 atom stereocenters. The van der Waals surface area contributed by atoms with E-state index in [1.165, 1.54) is 7.11 Å². The summed E-state index contributed by atoms with van der Waals surface area (Å²) in [6.07, 6.45) is 0. The highest BCUT2D eigenvalue weighted by atomic mass is 31.2. The Labute approximate surface area is 85.7 Å². The van der Waals surface area contributed by atoms with Crippen LogP contribution in [-0.2, 0) is 9.09 Å². The van der Waals surface area contributed by atoms with Crippen LogP contribution in [0, 0.1) is 0 Å². The minimum Gasteiger partial charge on any atom is -0.328 e. The first kappa shape index (κ1) is 11.5. The highest BCUT2D eigenvalue weighted by Gasteiger charge is 2.38. The fourth-order valence-electron chi connectivity index (χ4n) is 1.39. The molecule has 0 heterocycles. The predicted molar refractivity (Wildman–Crippen MR) is 60.4 cm³/mol. The maximum absolute atomic E-state index is 12.6. The van der Waals surface area contributed by atoms with Crippen molar-refractivity contribution in [2.45, 2.75) is 25.9 Å². The summed E-state index contributed by atoms with van der Waals surface area (Å²) in [6, 6.07) is 9.39. The fourth-order valence-corrected chi connectivity index (χ4v) is 3.49. The Hall–Kier alpha value is -0.590. The SMILES string of the molecule is CO[P@@](=O)(c1ccccc1)C(C)(C)C. The molecule has 0 unspecified atom stereocenters. The van der Waals surface area contributed by atoms with Gasteiger partial charge in [-0.1, -0.05) is 39.0 Å². The Bertz CT molecular complexity index is 338. The Morgan fingerprint density at radius 2 is 1.64 bits per heavy atom. The first-order valence-corrected chi connectivity index (χ1v) is 6.26. The van der Waals surface area contributed by atoms with Gasteiger partial charge in [0.05, 0.1) is 0 Å². The zero-order valence-electron chi connectivity index (χ0n) is 9.15. The molecule has 0 aromatic heterocycles. The lowest BCUT2D eigenvalue weighted by molar-refractivity contribution is 0.381. The first-order valence-electron chi connectivity index (χ1n) is 4.63. The van der Waals surface area contributed by atoms with Crippen LogP contribution in [0.4, 0.5) is 0 Å². The van der Waals surface area contributed by atoms with Gasteiger partial charge in [-0.3, -0.25) is 4.57 Å². The molecular weight excluding hydrogens is 195 g/mol. The topological polar surface area (TPSA) is 26.3 Å². The molecule has 0 saturated heterocycles. The summed E-state index contributed by atoms with van der Waals surface area (Å²) < 4.78 is 17.8. The molecule has 0 amide bonds. The Kier molecular flexibility index (Phi) is 3.18. The van der Waals surface area contributed by atoms with Crippen molar-refractivity contribution in [2.24, 2.45) is 0 Å². The van der Waals surface area contributed by atoms with Crippen LogP contribution in [0.5, 0.6) is 0 Å². The van der Waals surface area contributed by atoms with E-state index in [4.69, 9.17) is 4.52 Å². The van der Waals surface area contributed by atoms with E-state index in [9.17, 15) is 4.57 Å². The van der Waals surface area contributed by atoms with Gasteiger partial charge < -0.3 is 4.52 Å². The van der Waals surface area contributed by atoms with Gasteiger partial charge in [-0.15, -0.1) is 0 Å². The number of hydrogen-bond donors (Lipinski definition) is 0. The van der Waals surface area contributed by atoms with Crippen molar-refractivity contribution in [3.63, 3.8) is 0 Å². The van der Waals surface area contributed by atoms with Gasteiger partial charge in [-0.2, -0.15) is 0 Å². The van der Waals surface area contributed by atoms with E-state index in [1.54, 1.807) is 0 Å². The van der Waals surface area contributed by atoms with E-state index in [0.29, 0.717) is 0 Å². The van der Waals surface area contributed by atoms with Gasteiger partial charge in [0.25, 0.3) is 0 Å². The molecule has 78 valence electrons. The van der Waals surface area contributed by atoms with Crippen molar-refractivity contribution in [3.8, 4) is 0 Å². The van der Waals surface area contributed by atoms with Crippen molar-refractivity contribution < 1.29 is 9.09 Å². The number of benzene rings is 1. The molecule has 0 bridgehead atoms. The van der Waals surface area contributed by atoms with Crippen LogP contribution >= 0.6 is 7.37 Å². The van der Waals surface area contributed by atoms with Crippen LogP contribution in [0.3, 0.4) is 0 Å². The largest absolute Gasteiger partial charge is 0.328 e. The van der Waals surface area contributed by atoms with E-state index in [2.05, 4.69) is 0 Å². The summed E-state index contributed by atoms with van der Waals surface area (Å²) in [4.78, 5) is 0. The summed E-state index contributed by atoms with van der Waals surface area (Å²) in [5.74, 6) is 0. The van der Waals surface area contributed by atoms with E-state index >= 15 is 0 Å². The zero-order chi connectivity index (χ0) is 10.8. The summed E-state index contributed by atoms with van der Waals surface area (Å²) >= 11 is 0. The normalized spacial score (nSPS) is 16.3. The van der Waals surface area contributed by atoms with E-state index in [1.807, 2.05) is 51.1 Å². The number of rotatable bonds is 2. The molecule has 0 aliphatic heterocycles. The van der Waals surface area contributed by atoms with Gasteiger partial charge in [-0.25, -0.2) is 0 Å². The fraction of sp³-hybridized carbons (Fsp3) is 0.455. The summed E-state index contributed by atoms with van der Waals surface area (Å²) in [7, 11) is -1.22. The Morgan fingerprint density at radius 3 is 2.00 bits per heavy atom. The maximum Gasteiger partial charge on any atom is 0.236 e. The third-order valence-electron chi connectivity index (χ3n) is 2.24. The summed E-state index contributed by atoms with van der Waals surface area (Å²) in [5, 5.41) is 0.429. The second kappa shape index (κ2) is 3.88. The van der Waals surface area contributed by atoms with Crippen LogP contribution in [-0.4, -0.2) is 12.3 Å². The average Bonchev–Trinajstić information content (AvgIpc) is 2.16. The highest BCUT2D eigenvalue weighted by Crippen LogP contribution is 2.56. The van der Waals surface area contributed by atoms with Crippen LogP contribution in [0.2, 0.25) is 0 Å². The Balaban J connectivity index is 3.23. The molecular formula is C11H17O2P. The molecule has 0 radical (unpaired) electrons. The van der Waals surface area contributed by atoms with Gasteiger partial charge in [0, 0.05) is 17.6 Å². The van der Waals surface area contributed by atoms with Crippen LogP contribution < -0.4 is 5.30 Å². The maximum atomic E-state index is 12.6. The van der Waals surface area contributed by atoms with E-state index in [-0.39, 0.29) is 5.16 Å². The molecule has 1 aromatic carbocycles. The quantitative estimate of drug-likeness (QED) is 0.704. The standard InChI is InChI=1S/C11H17O2P/c1-11(2,3)14(12,13-4)10-8-6-5-7-9-10/h5-9H,1-4H3/t14-/m0/s1. The van der Waals surface area contributed by atoms with Crippen molar-refractivity contribution in [1.82, 2.24) is 0 Å². The molecule has 3 heteroatoms. The molecule has 0 aliphatic carbocycles. The lowest BCUT2D eigenvalue weighted by Crippen LogP contribution is -2.23. The summed E-state index contributed by atoms with van der Waals surface area (Å²) in [5.41, 5.74) is 0. The van der Waals surface area contributed by atoms with Gasteiger partial charge >= 0.3 is 0 Å². The highest BCUT2D eigenvalue weighted by molar-refractivity contribution is 7.68. The molecule has 1 rings (SSSR count). The first-order chi connectivity index (χ1) is 6.42. The smallest absolute Gasteiger partial charge is 0.236 e. The van der Waals surface area contributed by atoms with Gasteiger partial charge in [0.1, 0.15) is 0 Å². The second-order valence-electron chi connectivity index (χ2n) is 4.24. The van der Waals surface area contributed by atoms with E-state index in [0.717, 1.165) is 5.30 Å². The van der Waals surface area contributed by atoms with Gasteiger partial charge in [0.15, 0.2) is 0 Å². The molecule has 1 aromatic rings. The van der Waals surface area contributed by atoms with Crippen LogP contribution in [0.1, 0.15) is 20.8 Å². The lowest BCUT2D eigenvalue weighted by atomic mass is 10.3. The number of hydrogen-bond acceptors (Lipinski definition) is 2. The second-order valence-corrected chi connectivity index (χ2v) is 7.57. The van der Waals surface area contributed by atoms with Crippen LogP contribution in [0.25, 0.3) is 0 Å². The van der Waals surface area contributed by atoms with Crippen LogP contribution in [0.15, 0.2) is 30.3 Å². The van der Waals surface area contributed by atoms with Crippen molar-refractivity contribution in [2.75, 3.05) is 7.11 Å². The van der Waals surface area contributed by atoms with Gasteiger partial charge in [0.2, 0.25) is 7.37 Å². The Morgan fingerprint density at radius 1 is 1.14 bits per heavy atom. The average molecular weight is 212 g/mol. The predicted octanol–water partition coefficient (Wildman–Crippen LogP) is 3.03. The van der Waals surface area contributed by atoms with Crippen molar-refractivity contribution >= 4 is 12.7 Å². The van der Waals surface area contributed by atoms with Gasteiger partial charge in [-0.05, 0) is 12.1 Å². The van der Waals surface area contributed by atoms with Crippen molar-refractivity contribution in [3.05, 3.63) is 30.3 Å². The molecule has 0 saturated carbocycles. The monoisotopic (exact) mass is 212 g/mol. The molecule has 2 nitrogen and oxygen atoms in total. The third kappa shape index (κ3) is 1.92. The zero-order valence-corrected chi connectivity index (χ0v) is 10.0. The summed E-state index contributed by atoms with van der Waals surface area (Å²) in [6.45, 7) is 5.80. The minimum atomic E-state index is -2.74.